The van der Waals surface area contributed by atoms with Crippen molar-refractivity contribution in [2.45, 2.75) is 18.9 Å². The third-order valence-corrected chi connectivity index (χ3v) is 4.30. The predicted molar refractivity (Wildman–Crippen MR) is 100 cm³/mol. The molecule has 3 rings (SSSR count). The van der Waals surface area contributed by atoms with Gasteiger partial charge in [-0.2, -0.15) is 0 Å². The van der Waals surface area contributed by atoms with Crippen molar-refractivity contribution in [1.82, 2.24) is 5.32 Å². The maximum Gasteiger partial charge on any atom is 0.253 e. The number of para-hydroxylation sites is 1. The summed E-state index contributed by atoms with van der Waals surface area (Å²) in [4.78, 5) is 26.1. The number of nitrogens with zero attached hydrogens (tertiary/aromatic N) is 1. The lowest BCUT2D eigenvalue weighted by atomic mass is 10.2. The van der Waals surface area contributed by atoms with E-state index in [0.29, 0.717) is 16.3 Å². The van der Waals surface area contributed by atoms with Crippen LogP contribution in [-0.4, -0.2) is 31.4 Å². The second kappa shape index (κ2) is 7.57. The van der Waals surface area contributed by atoms with Gasteiger partial charge in [-0.05, 0) is 43.2 Å². The van der Waals surface area contributed by atoms with Crippen LogP contribution in [0.1, 0.15) is 23.2 Å². The van der Waals surface area contributed by atoms with Crippen LogP contribution >= 0.6 is 11.6 Å². The average Bonchev–Trinajstić information content (AvgIpc) is 3.39. The first-order valence-corrected chi connectivity index (χ1v) is 8.57. The Morgan fingerprint density at radius 3 is 2.52 bits per heavy atom. The number of hydrogen-bond acceptors (Lipinski definition) is 3. The Bertz CT molecular complexity index is 775. The zero-order chi connectivity index (χ0) is 17.8. The highest BCUT2D eigenvalue weighted by Crippen LogP contribution is 2.24. The fraction of sp³-hybridized carbons (Fsp3) is 0.263. The SMILES string of the molecule is CN(CC(=O)Nc1ccc(C(=O)NC2CC2)c(Cl)c1)c1ccccc1. The predicted octanol–water partition coefficient (Wildman–Crippen LogP) is 3.31. The van der Waals surface area contributed by atoms with Crippen molar-refractivity contribution in [2.75, 3.05) is 23.8 Å². The molecule has 0 bridgehead atoms. The molecule has 0 saturated heterocycles. The lowest BCUT2D eigenvalue weighted by Gasteiger charge is -2.18. The summed E-state index contributed by atoms with van der Waals surface area (Å²) in [7, 11) is 1.85. The van der Waals surface area contributed by atoms with Gasteiger partial charge in [0.15, 0.2) is 0 Å². The summed E-state index contributed by atoms with van der Waals surface area (Å²) in [5, 5.41) is 6.03. The highest BCUT2D eigenvalue weighted by molar-refractivity contribution is 6.34. The van der Waals surface area contributed by atoms with Crippen molar-refractivity contribution in [3.05, 3.63) is 59.1 Å². The quantitative estimate of drug-likeness (QED) is 0.833. The average molecular weight is 358 g/mol. The normalized spacial score (nSPS) is 13.2. The Hall–Kier alpha value is -2.53. The number of carbonyl (C=O) groups is 2. The summed E-state index contributed by atoms with van der Waals surface area (Å²) in [6, 6.07) is 14.9. The van der Waals surface area contributed by atoms with E-state index in [2.05, 4.69) is 10.6 Å². The zero-order valence-electron chi connectivity index (χ0n) is 14.0. The number of benzene rings is 2. The Morgan fingerprint density at radius 1 is 1.16 bits per heavy atom. The molecule has 0 radical (unpaired) electrons. The molecular formula is C19H20ClN3O2. The van der Waals surface area contributed by atoms with Gasteiger partial charge >= 0.3 is 0 Å². The number of rotatable bonds is 6. The lowest BCUT2D eigenvalue weighted by Crippen LogP contribution is -2.30. The Morgan fingerprint density at radius 2 is 1.88 bits per heavy atom. The number of halogens is 1. The number of hydrogen-bond donors (Lipinski definition) is 2. The van der Waals surface area contributed by atoms with Crippen LogP contribution in [0.25, 0.3) is 0 Å². The molecule has 5 nitrogen and oxygen atoms in total. The molecule has 1 aliphatic carbocycles. The minimum absolute atomic E-state index is 0.155. The first-order chi connectivity index (χ1) is 12.0. The molecule has 130 valence electrons. The molecule has 0 aromatic heterocycles. The molecule has 0 unspecified atom stereocenters. The molecule has 1 saturated carbocycles. The summed E-state index contributed by atoms with van der Waals surface area (Å²) < 4.78 is 0. The van der Waals surface area contributed by atoms with Crippen LogP contribution in [0.2, 0.25) is 5.02 Å². The summed E-state index contributed by atoms with van der Waals surface area (Å²) in [6.45, 7) is 0.214. The maximum atomic E-state index is 12.2. The molecule has 6 heteroatoms. The van der Waals surface area contributed by atoms with Gasteiger partial charge in [-0.3, -0.25) is 9.59 Å². The molecule has 2 aromatic carbocycles. The molecule has 0 heterocycles. The van der Waals surface area contributed by atoms with Crippen LogP contribution in [0.4, 0.5) is 11.4 Å². The molecule has 0 atom stereocenters. The monoisotopic (exact) mass is 357 g/mol. The Balaban J connectivity index is 1.59. The number of anilines is 2. The second-order valence-corrected chi connectivity index (χ2v) is 6.59. The molecule has 1 aliphatic rings. The van der Waals surface area contributed by atoms with E-state index < -0.39 is 0 Å². The third-order valence-electron chi connectivity index (χ3n) is 3.99. The second-order valence-electron chi connectivity index (χ2n) is 6.18. The number of likely N-dealkylation sites (N-methyl/N-ethyl adjacent to an activating group) is 1. The van der Waals surface area contributed by atoms with E-state index in [1.165, 1.54) is 0 Å². The first-order valence-electron chi connectivity index (χ1n) is 8.19. The first kappa shape index (κ1) is 17.3. The van der Waals surface area contributed by atoms with Gasteiger partial charge in [0.1, 0.15) is 0 Å². The molecule has 0 spiro atoms. The van der Waals surface area contributed by atoms with E-state index >= 15 is 0 Å². The van der Waals surface area contributed by atoms with Crippen molar-refractivity contribution < 1.29 is 9.59 Å². The molecule has 1 fully saturated rings. The van der Waals surface area contributed by atoms with Crippen LogP contribution in [0, 0.1) is 0 Å². The van der Waals surface area contributed by atoms with Gasteiger partial charge in [0.25, 0.3) is 5.91 Å². The van der Waals surface area contributed by atoms with Gasteiger partial charge in [-0.1, -0.05) is 29.8 Å². The lowest BCUT2D eigenvalue weighted by molar-refractivity contribution is -0.114. The molecular weight excluding hydrogens is 338 g/mol. The molecule has 2 N–H and O–H groups in total. The topological polar surface area (TPSA) is 61.4 Å². The van der Waals surface area contributed by atoms with Crippen LogP contribution in [0.5, 0.6) is 0 Å². The van der Waals surface area contributed by atoms with E-state index in [9.17, 15) is 9.59 Å². The van der Waals surface area contributed by atoms with Gasteiger partial charge in [-0.25, -0.2) is 0 Å². The van der Waals surface area contributed by atoms with Crippen molar-refractivity contribution in [3.63, 3.8) is 0 Å². The summed E-state index contributed by atoms with van der Waals surface area (Å²) >= 11 is 6.19. The standard InChI is InChI=1S/C19H20ClN3O2/c1-23(15-5-3-2-4-6-15)12-18(24)21-14-9-10-16(17(20)11-14)19(25)22-13-7-8-13/h2-6,9-11,13H,7-8,12H2,1H3,(H,21,24)(H,22,25). The van der Waals surface area contributed by atoms with Gasteiger partial charge in [-0.15, -0.1) is 0 Å². The minimum atomic E-state index is -0.172. The van der Waals surface area contributed by atoms with Gasteiger partial charge in [0.2, 0.25) is 5.91 Å². The number of carbonyl (C=O) groups excluding carboxylic acids is 2. The van der Waals surface area contributed by atoms with Crippen LogP contribution in [-0.2, 0) is 4.79 Å². The van der Waals surface area contributed by atoms with Crippen LogP contribution in [0.3, 0.4) is 0 Å². The highest BCUT2D eigenvalue weighted by Gasteiger charge is 2.24. The highest BCUT2D eigenvalue weighted by atomic mass is 35.5. The van der Waals surface area contributed by atoms with Crippen molar-refractivity contribution in [2.24, 2.45) is 0 Å². The fourth-order valence-electron chi connectivity index (χ4n) is 2.46. The molecule has 2 amide bonds. The minimum Gasteiger partial charge on any atom is -0.365 e. The third kappa shape index (κ3) is 4.73. The van der Waals surface area contributed by atoms with Crippen molar-refractivity contribution in [3.8, 4) is 0 Å². The fourth-order valence-corrected chi connectivity index (χ4v) is 2.72. The molecule has 0 aliphatic heterocycles. The van der Waals surface area contributed by atoms with Gasteiger partial charge in [0, 0.05) is 24.5 Å². The van der Waals surface area contributed by atoms with Crippen molar-refractivity contribution >= 4 is 34.8 Å². The van der Waals surface area contributed by atoms with E-state index in [0.717, 1.165) is 18.5 Å². The van der Waals surface area contributed by atoms with E-state index in [1.54, 1.807) is 18.2 Å². The largest absolute Gasteiger partial charge is 0.365 e. The maximum absolute atomic E-state index is 12.2. The summed E-state index contributed by atoms with van der Waals surface area (Å²) in [5.74, 6) is -0.327. The van der Waals surface area contributed by atoms with E-state index in [1.807, 2.05) is 42.3 Å². The van der Waals surface area contributed by atoms with Gasteiger partial charge < -0.3 is 15.5 Å². The van der Waals surface area contributed by atoms with Crippen LogP contribution < -0.4 is 15.5 Å². The van der Waals surface area contributed by atoms with E-state index in [4.69, 9.17) is 11.6 Å². The van der Waals surface area contributed by atoms with Crippen LogP contribution in [0.15, 0.2) is 48.5 Å². The van der Waals surface area contributed by atoms with E-state index in [-0.39, 0.29) is 24.4 Å². The smallest absolute Gasteiger partial charge is 0.253 e. The van der Waals surface area contributed by atoms with Crippen molar-refractivity contribution in [1.29, 1.82) is 0 Å². The Labute approximate surface area is 152 Å². The molecule has 2 aromatic rings. The molecule has 25 heavy (non-hydrogen) atoms. The zero-order valence-corrected chi connectivity index (χ0v) is 14.7. The summed E-state index contributed by atoms with van der Waals surface area (Å²) in [6.07, 6.45) is 2.04. The number of nitrogens with one attached hydrogen (secondary N) is 2. The summed E-state index contributed by atoms with van der Waals surface area (Å²) in [5.41, 5.74) is 1.95. The Kier molecular flexibility index (Phi) is 5.24. The number of amides is 2. The van der Waals surface area contributed by atoms with Gasteiger partial charge in [0.05, 0.1) is 17.1 Å².